The molecule has 4 nitrogen and oxygen atoms in total. The lowest BCUT2D eigenvalue weighted by Gasteiger charge is -2.38. The molecule has 4 heteroatoms. The maximum absolute atomic E-state index is 5.78. The van der Waals surface area contributed by atoms with Crippen LogP contribution in [0.3, 0.4) is 0 Å². The van der Waals surface area contributed by atoms with Crippen molar-refractivity contribution >= 4 is 0 Å². The first kappa shape index (κ1) is 14.7. The van der Waals surface area contributed by atoms with Crippen LogP contribution in [0, 0.1) is 5.92 Å². The minimum absolute atomic E-state index is 0.375. The van der Waals surface area contributed by atoms with E-state index in [1.807, 2.05) is 12.1 Å². The number of nitrogens with one attached hydrogen (secondary N) is 1. The van der Waals surface area contributed by atoms with Crippen LogP contribution in [-0.2, 0) is 0 Å². The summed E-state index contributed by atoms with van der Waals surface area (Å²) in [7, 11) is 3.92. The largest absolute Gasteiger partial charge is 0.497 e. The van der Waals surface area contributed by atoms with Gasteiger partial charge < -0.3 is 19.7 Å². The average molecular weight is 290 g/mol. The number of fused-ring (bicyclic) bond motifs is 1. The van der Waals surface area contributed by atoms with Crippen molar-refractivity contribution < 1.29 is 9.47 Å². The maximum atomic E-state index is 5.78. The predicted octanol–water partition coefficient (Wildman–Crippen LogP) is 2.45. The Bertz CT molecular complexity index is 492. The third-order valence-electron chi connectivity index (χ3n) is 4.78. The third-order valence-corrected chi connectivity index (χ3v) is 4.78. The zero-order chi connectivity index (χ0) is 14.8. The molecule has 0 amide bonds. The summed E-state index contributed by atoms with van der Waals surface area (Å²) in [4.78, 5) is 2.42. The highest BCUT2D eigenvalue weighted by Crippen LogP contribution is 2.35. The van der Waals surface area contributed by atoms with E-state index in [0.717, 1.165) is 24.5 Å². The van der Waals surface area contributed by atoms with E-state index < -0.39 is 0 Å². The van der Waals surface area contributed by atoms with Crippen molar-refractivity contribution in [1.82, 2.24) is 10.2 Å². The fourth-order valence-corrected chi connectivity index (χ4v) is 3.53. The fraction of sp³-hybridized carbons (Fsp3) is 0.647. The average Bonchev–Trinajstić information content (AvgIpc) is 2.50. The van der Waals surface area contributed by atoms with Gasteiger partial charge in [0.1, 0.15) is 11.5 Å². The van der Waals surface area contributed by atoms with Gasteiger partial charge in [-0.05, 0) is 44.1 Å². The fourth-order valence-electron chi connectivity index (χ4n) is 3.53. The number of likely N-dealkylation sites (tertiary alicyclic amines) is 1. The highest BCUT2D eigenvalue weighted by atomic mass is 16.5. The van der Waals surface area contributed by atoms with Gasteiger partial charge in [-0.1, -0.05) is 6.92 Å². The van der Waals surface area contributed by atoms with E-state index in [9.17, 15) is 0 Å². The van der Waals surface area contributed by atoms with Crippen LogP contribution in [0.5, 0.6) is 11.5 Å². The monoisotopic (exact) mass is 290 g/mol. The smallest absolute Gasteiger partial charge is 0.124 e. The molecule has 1 aromatic rings. The van der Waals surface area contributed by atoms with Crippen molar-refractivity contribution in [3.63, 3.8) is 0 Å². The van der Waals surface area contributed by atoms with Crippen molar-refractivity contribution in [1.29, 1.82) is 0 Å². The molecule has 0 radical (unpaired) electrons. The van der Waals surface area contributed by atoms with Gasteiger partial charge in [0.2, 0.25) is 0 Å². The summed E-state index contributed by atoms with van der Waals surface area (Å²) >= 11 is 0. The van der Waals surface area contributed by atoms with Crippen LogP contribution < -0.4 is 14.8 Å². The van der Waals surface area contributed by atoms with Crippen molar-refractivity contribution in [3.05, 3.63) is 23.8 Å². The molecule has 2 aliphatic heterocycles. The lowest BCUT2D eigenvalue weighted by molar-refractivity contribution is 0.154. The van der Waals surface area contributed by atoms with Crippen molar-refractivity contribution in [2.45, 2.75) is 31.8 Å². The summed E-state index contributed by atoms with van der Waals surface area (Å²) in [5.41, 5.74) is 1.24. The normalized spacial score (nSPS) is 29.6. The second-order valence-corrected chi connectivity index (χ2v) is 6.39. The molecular formula is C17H26N2O2. The van der Waals surface area contributed by atoms with Gasteiger partial charge in [0.25, 0.3) is 0 Å². The summed E-state index contributed by atoms with van der Waals surface area (Å²) in [6.07, 6.45) is 2.24. The Morgan fingerprint density at radius 3 is 2.95 bits per heavy atom. The molecule has 0 aliphatic carbocycles. The first-order valence-corrected chi connectivity index (χ1v) is 7.92. The molecule has 0 spiro atoms. The molecule has 3 rings (SSSR count). The second-order valence-electron chi connectivity index (χ2n) is 6.39. The maximum Gasteiger partial charge on any atom is 0.124 e. The number of methoxy groups -OCH3 is 1. The van der Waals surface area contributed by atoms with Gasteiger partial charge in [0.05, 0.1) is 13.7 Å². The summed E-state index contributed by atoms with van der Waals surface area (Å²) < 4.78 is 11.1. The van der Waals surface area contributed by atoms with Gasteiger partial charge in [-0.25, -0.2) is 0 Å². The second kappa shape index (κ2) is 6.24. The number of hydrogen-bond acceptors (Lipinski definition) is 4. The SMILES string of the molecule is COc1ccc2c(c1)C(NC1CCN(C)CC1C)CCO2. The Hall–Kier alpha value is -1.26. The van der Waals surface area contributed by atoms with E-state index in [0.29, 0.717) is 18.0 Å². The number of piperidine rings is 1. The van der Waals surface area contributed by atoms with Gasteiger partial charge in [0.15, 0.2) is 0 Å². The molecular weight excluding hydrogens is 264 g/mol. The molecule has 1 saturated heterocycles. The van der Waals surface area contributed by atoms with Crippen LogP contribution >= 0.6 is 0 Å². The van der Waals surface area contributed by atoms with Gasteiger partial charge in [-0.15, -0.1) is 0 Å². The molecule has 1 N–H and O–H groups in total. The Balaban J connectivity index is 1.75. The topological polar surface area (TPSA) is 33.7 Å². The summed E-state index contributed by atoms with van der Waals surface area (Å²) in [6, 6.07) is 7.08. The van der Waals surface area contributed by atoms with Crippen LogP contribution in [0.4, 0.5) is 0 Å². The van der Waals surface area contributed by atoms with E-state index in [-0.39, 0.29) is 0 Å². The Morgan fingerprint density at radius 1 is 1.33 bits per heavy atom. The van der Waals surface area contributed by atoms with Crippen LogP contribution in [-0.4, -0.2) is 44.8 Å². The molecule has 2 heterocycles. The highest BCUT2D eigenvalue weighted by Gasteiger charge is 2.29. The lowest BCUT2D eigenvalue weighted by Crippen LogP contribution is -2.48. The van der Waals surface area contributed by atoms with Gasteiger partial charge >= 0.3 is 0 Å². The highest BCUT2D eigenvalue weighted by molar-refractivity contribution is 5.43. The third kappa shape index (κ3) is 3.16. The quantitative estimate of drug-likeness (QED) is 0.927. The predicted molar refractivity (Wildman–Crippen MR) is 84.0 cm³/mol. The van der Waals surface area contributed by atoms with Crippen LogP contribution in [0.25, 0.3) is 0 Å². The summed E-state index contributed by atoms with van der Waals surface area (Å²) in [6.45, 7) is 5.49. The van der Waals surface area contributed by atoms with E-state index in [4.69, 9.17) is 9.47 Å². The van der Waals surface area contributed by atoms with E-state index >= 15 is 0 Å². The minimum atomic E-state index is 0.375. The van der Waals surface area contributed by atoms with E-state index in [1.54, 1.807) is 7.11 Å². The van der Waals surface area contributed by atoms with Crippen molar-refractivity contribution in [2.24, 2.45) is 5.92 Å². The first-order chi connectivity index (χ1) is 10.2. The standard InChI is InChI=1S/C17H26N2O2/c1-12-11-19(2)8-6-15(12)18-16-7-9-21-17-5-4-13(20-3)10-14(16)17/h4-5,10,12,15-16,18H,6-9,11H2,1-3H3. The molecule has 116 valence electrons. The lowest BCUT2D eigenvalue weighted by atomic mass is 9.91. The van der Waals surface area contributed by atoms with E-state index in [2.05, 4.69) is 30.3 Å². The van der Waals surface area contributed by atoms with Crippen LogP contribution in [0.15, 0.2) is 18.2 Å². The molecule has 2 aliphatic rings. The Kier molecular flexibility index (Phi) is 4.36. The molecule has 0 saturated carbocycles. The van der Waals surface area contributed by atoms with Gasteiger partial charge in [0, 0.05) is 30.6 Å². The molecule has 3 atom stereocenters. The van der Waals surface area contributed by atoms with Crippen molar-refractivity contribution in [2.75, 3.05) is 33.9 Å². The van der Waals surface area contributed by atoms with Gasteiger partial charge in [-0.2, -0.15) is 0 Å². The van der Waals surface area contributed by atoms with E-state index in [1.165, 1.54) is 25.1 Å². The number of ether oxygens (including phenoxy) is 2. The molecule has 0 aromatic heterocycles. The Morgan fingerprint density at radius 2 is 2.19 bits per heavy atom. The molecule has 1 fully saturated rings. The number of nitrogens with zero attached hydrogens (tertiary/aromatic N) is 1. The van der Waals surface area contributed by atoms with Crippen molar-refractivity contribution in [3.8, 4) is 11.5 Å². The van der Waals surface area contributed by atoms with Crippen LogP contribution in [0.1, 0.15) is 31.4 Å². The van der Waals surface area contributed by atoms with Crippen LogP contribution in [0.2, 0.25) is 0 Å². The number of hydrogen-bond donors (Lipinski definition) is 1. The zero-order valence-electron chi connectivity index (χ0n) is 13.3. The first-order valence-electron chi connectivity index (χ1n) is 7.92. The summed E-state index contributed by atoms with van der Waals surface area (Å²) in [5, 5.41) is 3.87. The molecule has 1 aromatic carbocycles. The minimum Gasteiger partial charge on any atom is -0.497 e. The van der Waals surface area contributed by atoms with Gasteiger partial charge in [-0.3, -0.25) is 0 Å². The number of benzene rings is 1. The molecule has 0 bridgehead atoms. The summed E-state index contributed by atoms with van der Waals surface area (Å²) in [5.74, 6) is 2.59. The molecule has 3 unspecified atom stereocenters. The Labute approximate surface area is 127 Å². The molecule has 21 heavy (non-hydrogen) atoms. The zero-order valence-corrected chi connectivity index (χ0v) is 13.3. The number of rotatable bonds is 3.